The van der Waals surface area contributed by atoms with Crippen molar-refractivity contribution in [3.63, 3.8) is 0 Å². The molecule has 1 rings (SSSR count). The monoisotopic (exact) mass is 283 g/mol. The lowest BCUT2D eigenvalue weighted by Gasteiger charge is -2.20. The SMILES string of the molecule is CCOC(Cn1ncc(N(CC)CC)cc1=O)C(=O)O. The van der Waals surface area contributed by atoms with E-state index in [1.807, 2.05) is 18.7 Å². The minimum absolute atomic E-state index is 0.0967. The van der Waals surface area contributed by atoms with Crippen LogP contribution in [0, 0.1) is 0 Å². The molecule has 1 heterocycles. The van der Waals surface area contributed by atoms with Crippen molar-refractivity contribution < 1.29 is 14.6 Å². The number of carbonyl (C=O) groups is 1. The van der Waals surface area contributed by atoms with E-state index >= 15 is 0 Å². The van der Waals surface area contributed by atoms with E-state index in [9.17, 15) is 9.59 Å². The van der Waals surface area contributed by atoms with Gasteiger partial charge in [0.1, 0.15) is 0 Å². The normalized spacial score (nSPS) is 12.2. The highest BCUT2D eigenvalue weighted by Crippen LogP contribution is 2.08. The van der Waals surface area contributed by atoms with Gasteiger partial charge in [-0.2, -0.15) is 5.10 Å². The van der Waals surface area contributed by atoms with Gasteiger partial charge in [0, 0.05) is 25.8 Å². The molecule has 7 heteroatoms. The second kappa shape index (κ2) is 7.64. The van der Waals surface area contributed by atoms with E-state index in [-0.39, 0.29) is 18.7 Å². The third-order valence-corrected chi connectivity index (χ3v) is 2.97. The molecule has 7 nitrogen and oxygen atoms in total. The Morgan fingerprint density at radius 1 is 1.45 bits per heavy atom. The van der Waals surface area contributed by atoms with Gasteiger partial charge in [0.15, 0.2) is 6.10 Å². The maximum Gasteiger partial charge on any atom is 0.334 e. The first-order chi connectivity index (χ1) is 9.53. The largest absolute Gasteiger partial charge is 0.479 e. The van der Waals surface area contributed by atoms with Crippen LogP contribution in [0.3, 0.4) is 0 Å². The van der Waals surface area contributed by atoms with Gasteiger partial charge >= 0.3 is 5.97 Å². The molecule has 0 spiro atoms. The number of carboxylic acids is 1. The number of ether oxygens (including phenoxy) is 1. The zero-order valence-corrected chi connectivity index (χ0v) is 12.1. The first kappa shape index (κ1) is 16.2. The molecule has 0 aliphatic carbocycles. The van der Waals surface area contributed by atoms with Crippen molar-refractivity contribution in [3.8, 4) is 0 Å². The van der Waals surface area contributed by atoms with Gasteiger partial charge in [0.05, 0.1) is 18.4 Å². The van der Waals surface area contributed by atoms with E-state index in [2.05, 4.69) is 5.10 Å². The molecule has 0 bridgehead atoms. The molecule has 1 aromatic rings. The smallest absolute Gasteiger partial charge is 0.334 e. The maximum atomic E-state index is 12.0. The van der Waals surface area contributed by atoms with Crippen LogP contribution >= 0.6 is 0 Å². The van der Waals surface area contributed by atoms with Crippen LogP contribution in [-0.4, -0.2) is 46.7 Å². The topological polar surface area (TPSA) is 84.7 Å². The molecule has 0 aliphatic heterocycles. The summed E-state index contributed by atoms with van der Waals surface area (Å²) in [6.07, 6.45) is 0.503. The van der Waals surface area contributed by atoms with Gasteiger partial charge in [-0.3, -0.25) is 4.79 Å². The second-order valence-corrected chi connectivity index (χ2v) is 4.19. The van der Waals surface area contributed by atoms with Gasteiger partial charge in [0.2, 0.25) is 0 Å². The third-order valence-electron chi connectivity index (χ3n) is 2.97. The van der Waals surface area contributed by atoms with Crippen molar-refractivity contribution in [1.82, 2.24) is 9.78 Å². The van der Waals surface area contributed by atoms with E-state index < -0.39 is 12.1 Å². The van der Waals surface area contributed by atoms with Crippen LogP contribution in [0.4, 0.5) is 5.69 Å². The van der Waals surface area contributed by atoms with Crippen LogP contribution in [-0.2, 0) is 16.1 Å². The summed E-state index contributed by atoms with van der Waals surface area (Å²) in [6.45, 7) is 7.41. The van der Waals surface area contributed by atoms with E-state index in [1.165, 1.54) is 6.07 Å². The van der Waals surface area contributed by atoms with Crippen molar-refractivity contribution in [2.45, 2.75) is 33.4 Å². The summed E-state index contributed by atoms with van der Waals surface area (Å²) < 4.78 is 6.19. The van der Waals surface area contributed by atoms with E-state index in [1.54, 1.807) is 13.1 Å². The number of nitrogens with zero attached hydrogens (tertiary/aromatic N) is 3. The number of hydrogen-bond donors (Lipinski definition) is 1. The molecule has 0 amide bonds. The summed E-state index contributed by atoms with van der Waals surface area (Å²) in [5.41, 5.74) is 0.403. The summed E-state index contributed by atoms with van der Waals surface area (Å²) in [7, 11) is 0. The summed E-state index contributed by atoms with van der Waals surface area (Å²) >= 11 is 0. The van der Waals surface area contributed by atoms with Crippen molar-refractivity contribution in [2.75, 3.05) is 24.6 Å². The summed E-state index contributed by atoms with van der Waals surface area (Å²) in [6, 6.07) is 1.46. The molecule has 1 unspecified atom stereocenters. The summed E-state index contributed by atoms with van der Waals surface area (Å²) in [4.78, 5) is 25.0. The van der Waals surface area contributed by atoms with Crippen LogP contribution in [0.1, 0.15) is 20.8 Å². The minimum Gasteiger partial charge on any atom is -0.479 e. The molecule has 0 radical (unpaired) electrons. The van der Waals surface area contributed by atoms with Crippen molar-refractivity contribution in [3.05, 3.63) is 22.6 Å². The van der Waals surface area contributed by atoms with Crippen molar-refractivity contribution >= 4 is 11.7 Å². The molecular weight excluding hydrogens is 262 g/mol. The van der Waals surface area contributed by atoms with E-state index in [0.717, 1.165) is 23.5 Å². The fourth-order valence-electron chi connectivity index (χ4n) is 1.88. The molecule has 1 N–H and O–H groups in total. The fourth-order valence-corrected chi connectivity index (χ4v) is 1.88. The van der Waals surface area contributed by atoms with Gasteiger partial charge in [0.25, 0.3) is 5.56 Å². The third kappa shape index (κ3) is 4.06. The quantitative estimate of drug-likeness (QED) is 0.751. The lowest BCUT2D eigenvalue weighted by atomic mass is 10.3. The minimum atomic E-state index is -1.10. The average molecular weight is 283 g/mol. The van der Waals surface area contributed by atoms with Crippen LogP contribution in [0.2, 0.25) is 0 Å². The van der Waals surface area contributed by atoms with Gasteiger partial charge in [-0.1, -0.05) is 0 Å². The Morgan fingerprint density at radius 3 is 2.55 bits per heavy atom. The predicted molar refractivity (Wildman–Crippen MR) is 75.1 cm³/mol. The van der Waals surface area contributed by atoms with Crippen LogP contribution in [0.5, 0.6) is 0 Å². The molecule has 1 aromatic heterocycles. The number of hydrogen-bond acceptors (Lipinski definition) is 5. The van der Waals surface area contributed by atoms with Crippen LogP contribution in [0.25, 0.3) is 0 Å². The highest BCUT2D eigenvalue weighted by molar-refractivity contribution is 5.72. The number of aliphatic carboxylic acids is 1. The number of carboxylic acid groups (broad SMARTS) is 1. The first-order valence-electron chi connectivity index (χ1n) is 6.69. The molecule has 0 aliphatic rings. The van der Waals surface area contributed by atoms with Crippen molar-refractivity contribution in [1.29, 1.82) is 0 Å². The lowest BCUT2D eigenvalue weighted by Crippen LogP contribution is -2.35. The standard InChI is InChI=1S/C13H21N3O4/c1-4-15(5-2)10-7-12(17)16(14-8-10)9-11(13(18)19)20-6-3/h7-8,11H,4-6,9H2,1-3H3,(H,18,19). The molecule has 20 heavy (non-hydrogen) atoms. The highest BCUT2D eigenvalue weighted by atomic mass is 16.5. The lowest BCUT2D eigenvalue weighted by molar-refractivity contribution is -0.151. The molecule has 1 atom stereocenters. The number of aromatic nitrogens is 2. The Balaban J connectivity index is 2.93. The predicted octanol–water partition coefficient (Wildman–Crippen LogP) is 0.579. The Morgan fingerprint density at radius 2 is 2.10 bits per heavy atom. The number of rotatable bonds is 8. The second-order valence-electron chi connectivity index (χ2n) is 4.19. The molecule has 112 valence electrons. The van der Waals surface area contributed by atoms with Gasteiger partial charge < -0.3 is 14.7 Å². The molecular formula is C13H21N3O4. The summed E-state index contributed by atoms with van der Waals surface area (Å²) in [5, 5.41) is 13.0. The van der Waals surface area contributed by atoms with Gasteiger partial charge in [-0.25, -0.2) is 9.48 Å². The maximum absolute atomic E-state index is 12.0. The first-order valence-corrected chi connectivity index (χ1v) is 6.69. The average Bonchev–Trinajstić information content (AvgIpc) is 2.42. The molecule has 0 fully saturated rings. The highest BCUT2D eigenvalue weighted by Gasteiger charge is 2.19. The number of anilines is 1. The Bertz CT molecular complexity index is 497. The van der Waals surface area contributed by atoms with E-state index in [4.69, 9.17) is 9.84 Å². The Hall–Kier alpha value is -1.89. The van der Waals surface area contributed by atoms with Gasteiger partial charge in [-0.15, -0.1) is 0 Å². The summed E-state index contributed by atoms with van der Waals surface area (Å²) in [5.74, 6) is -1.10. The molecule has 0 aromatic carbocycles. The molecule has 0 saturated carbocycles. The van der Waals surface area contributed by atoms with Gasteiger partial charge in [-0.05, 0) is 20.8 Å². The zero-order chi connectivity index (χ0) is 15.1. The fraction of sp³-hybridized carbons (Fsp3) is 0.615. The Kier molecular flexibility index (Phi) is 6.17. The van der Waals surface area contributed by atoms with Crippen LogP contribution < -0.4 is 10.5 Å². The zero-order valence-electron chi connectivity index (χ0n) is 12.1. The van der Waals surface area contributed by atoms with E-state index in [0.29, 0.717) is 0 Å². The van der Waals surface area contributed by atoms with Crippen LogP contribution in [0.15, 0.2) is 17.1 Å². The Labute approximate surface area is 117 Å². The molecule has 0 saturated heterocycles. The van der Waals surface area contributed by atoms with Crippen molar-refractivity contribution in [2.24, 2.45) is 0 Å².